The molecule has 0 N–H and O–H groups in total. The summed E-state index contributed by atoms with van der Waals surface area (Å²) in [5.74, 6) is 0. The highest BCUT2D eigenvalue weighted by atomic mass is 35.5. The van der Waals surface area contributed by atoms with Crippen LogP contribution >= 0.6 is 23.2 Å². The summed E-state index contributed by atoms with van der Waals surface area (Å²) in [6, 6.07) is 4.45. The quantitative estimate of drug-likeness (QED) is 0.815. The second-order valence-corrected chi connectivity index (χ2v) is 6.32. The molecule has 0 aromatic heterocycles. The van der Waals surface area contributed by atoms with Gasteiger partial charge in [-0.15, -0.1) is 0 Å². The number of benzene rings is 1. The molecule has 0 bridgehead atoms. The lowest BCUT2D eigenvalue weighted by Crippen LogP contribution is -2.38. The molecule has 1 fully saturated rings. The van der Waals surface area contributed by atoms with Crippen molar-refractivity contribution in [1.82, 2.24) is 4.90 Å². The van der Waals surface area contributed by atoms with Crippen molar-refractivity contribution in [2.75, 3.05) is 20.2 Å². The van der Waals surface area contributed by atoms with Crippen molar-refractivity contribution in [2.24, 2.45) is 0 Å². The van der Waals surface area contributed by atoms with E-state index in [0.29, 0.717) is 12.1 Å². The van der Waals surface area contributed by atoms with Crippen LogP contribution in [0.2, 0.25) is 10.0 Å². The predicted octanol–water partition coefficient (Wildman–Crippen LogP) is 4.09. The van der Waals surface area contributed by atoms with Crippen molar-refractivity contribution < 1.29 is 4.74 Å². The number of rotatable bonds is 2. The zero-order valence-corrected chi connectivity index (χ0v) is 12.7. The highest BCUT2D eigenvalue weighted by Crippen LogP contribution is 2.41. The molecule has 1 aromatic rings. The number of hydrogen-bond donors (Lipinski definition) is 0. The lowest BCUT2D eigenvalue weighted by atomic mass is 10.0. The van der Waals surface area contributed by atoms with Gasteiger partial charge in [-0.25, -0.2) is 0 Å². The first kappa shape index (κ1) is 13.7. The van der Waals surface area contributed by atoms with Gasteiger partial charge >= 0.3 is 0 Å². The van der Waals surface area contributed by atoms with Crippen LogP contribution in [0.25, 0.3) is 0 Å². The molecule has 0 amide bonds. The second-order valence-electron chi connectivity index (χ2n) is 5.48. The molecule has 0 unspecified atom stereocenters. The number of ether oxygens (including phenoxy) is 1. The van der Waals surface area contributed by atoms with E-state index in [9.17, 15) is 0 Å². The predicted molar refractivity (Wildman–Crippen MR) is 79.1 cm³/mol. The first-order chi connectivity index (χ1) is 9.19. The average Bonchev–Trinajstić information content (AvgIpc) is 2.83. The summed E-state index contributed by atoms with van der Waals surface area (Å²) in [5, 5.41) is 1.58. The van der Waals surface area contributed by atoms with Crippen molar-refractivity contribution >= 4 is 23.2 Å². The van der Waals surface area contributed by atoms with E-state index in [1.165, 1.54) is 11.1 Å². The van der Waals surface area contributed by atoms with Crippen molar-refractivity contribution in [1.29, 1.82) is 0 Å². The third kappa shape index (κ3) is 2.64. The van der Waals surface area contributed by atoms with Crippen LogP contribution in [-0.2, 0) is 11.2 Å². The number of likely N-dealkylation sites (tertiary alicyclic amines) is 1. The number of nitrogens with zero attached hydrogens (tertiary/aromatic N) is 1. The molecule has 2 nitrogen and oxygen atoms in total. The average molecular weight is 300 g/mol. The third-order valence-corrected chi connectivity index (χ3v) is 5.03. The molecule has 0 radical (unpaired) electrons. The fraction of sp³-hybridized carbons (Fsp3) is 0.600. The lowest BCUT2D eigenvalue weighted by molar-refractivity contribution is 0.0270. The normalized spacial score (nSPS) is 24.7. The van der Waals surface area contributed by atoms with E-state index in [2.05, 4.69) is 11.0 Å². The fourth-order valence-corrected chi connectivity index (χ4v) is 4.03. The van der Waals surface area contributed by atoms with Crippen molar-refractivity contribution in [3.8, 4) is 0 Å². The molecule has 104 valence electrons. The van der Waals surface area contributed by atoms with Gasteiger partial charge in [-0.3, -0.25) is 4.90 Å². The molecular weight excluding hydrogens is 281 g/mol. The van der Waals surface area contributed by atoms with Crippen LogP contribution < -0.4 is 0 Å². The Labute approximate surface area is 124 Å². The van der Waals surface area contributed by atoms with Gasteiger partial charge in [0.15, 0.2) is 0 Å². The molecular formula is C15H19Cl2NO. The summed E-state index contributed by atoms with van der Waals surface area (Å²) in [6.07, 6.45) is 4.90. The third-order valence-electron chi connectivity index (χ3n) is 4.47. The fourth-order valence-electron chi connectivity index (χ4n) is 3.42. The molecule has 1 saturated heterocycles. The van der Waals surface area contributed by atoms with E-state index in [-0.39, 0.29) is 0 Å². The minimum Gasteiger partial charge on any atom is -0.381 e. The maximum atomic E-state index is 6.30. The molecule has 3 rings (SSSR count). The zero-order valence-electron chi connectivity index (χ0n) is 11.2. The Morgan fingerprint density at radius 2 is 1.89 bits per heavy atom. The Morgan fingerprint density at radius 1 is 1.16 bits per heavy atom. The second kappa shape index (κ2) is 5.61. The van der Waals surface area contributed by atoms with Crippen LogP contribution in [0.1, 0.15) is 36.4 Å². The van der Waals surface area contributed by atoms with E-state index in [1.54, 1.807) is 0 Å². The van der Waals surface area contributed by atoms with E-state index in [4.69, 9.17) is 27.9 Å². The Balaban J connectivity index is 1.79. The van der Waals surface area contributed by atoms with Crippen molar-refractivity contribution in [3.05, 3.63) is 33.3 Å². The van der Waals surface area contributed by atoms with Gasteiger partial charge in [0.2, 0.25) is 0 Å². The minimum absolute atomic E-state index is 0.431. The van der Waals surface area contributed by atoms with Crippen LogP contribution in [-0.4, -0.2) is 31.2 Å². The first-order valence-corrected chi connectivity index (χ1v) is 7.69. The number of hydrogen-bond acceptors (Lipinski definition) is 2. The van der Waals surface area contributed by atoms with E-state index in [1.807, 2.05) is 13.2 Å². The van der Waals surface area contributed by atoms with Gasteiger partial charge < -0.3 is 4.74 Å². The van der Waals surface area contributed by atoms with Gasteiger partial charge in [-0.2, -0.15) is 0 Å². The highest BCUT2D eigenvalue weighted by molar-refractivity contribution is 6.35. The van der Waals surface area contributed by atoms with Gasteiger partial charge in [0.1, 0.15) is 0 Å². The van der Waals surface area contributed by atoms with E-state index in [0.717, 1.165) is 48.8 Å². The number of piperidine rings is 1. The standard InChI is InChI=1S/C15H19Cl2NO/c1-19-11-4-6-18(7-5-11)15-3-2-12-13(15)8-10(16)9-14(12)17/h8-9,11,15H,2-7H2,1H3/t15-/m1/s1. The molecule has 1 atom stereocenters. The smallest absolute Gasteiger partial charge is 0.0595 e. The van der Waals surface area contributed by atoms with Gasteiger partial charge in [-0.1, -0.05) is 23.2 Å². The monoisotopic (exact) mass is 299 g/mol. The summed E-state index contributed by atoms with van der Waals surface area (Å²) in [5.41, 5.74) is 2.64. The van der Waals surface area contributed by atoms with Gasteiger partial charge in [0.05, 0.1) is 6.10 Å². The topological polar surface area (TPSA) is 12.5 Å². The van der Waals surface area contributed by atoms with Crippen molar-refractivity contribution in [2.45, 2.75) is 37.8 Å². The van der Waals surface area contributed by atoms with Gasteiger partial charge in [0.25, 0.3) is 0 Å². The summed E-state index contributed by atoms with van der Waals surface area (Å²) in [4.78, 5) is 2.56. The van der Waals surface area contributed by atoms with Crippen LogP contribution in [0, 0.1) is 0 Å². The van der Waals surface area contributed by atoms with Crippen molar-refractivity contribution in [3.63, 3.8) is 0 Å². The first-order valence-electron chi connectivity index (χ1n) is 6.93. The molecule has 1 heterocycles. The minimum atomic E-state index is 0.431. The zero-order chi connectivity index (χ0) is 13.4. The molecule has 1 aliphatic carbocycles. The van der Waals surface area contributed by atoms with Gasteiger partial charge in [-0.05, 0) is 48.9 Å². The van der Waals surface area contributed by atoms with E-state index >= 15 is 0 Å². The number of fused-ring (bicyclic) bond motifs is 1. The molecule has 1 aromatic carbocycles. The maximum absolute atomic E-state index is 6.30. The maximum Gasteiger partial charge on any atom is 0.0595 e. The Hall–Kier alpha value is -0.280. The number of halogens is 2. The van der Waals surface area contributed by atoms with Crippen LogP contribution in [0.5, 0.6) is 0 Å². The van der Waals surface area contributed by atoms with E-state index < -0.39 is 0 Å². The Bertz CT molecular complexity index is 469. The summed E-state index contributed by atoms with van der Waals surface area (Å²) < 4.78 is 5.44. The summed E-state index contributed by atoms with van der Waals surface area (Å²) in [7, 11) is 1.81. The Kier molecular flexibility index (Phi) is 4.04. The van der Waals surface area contributed by atoms with Gasteiger partial charge in [0, 0.05) is 36.3 Å². The SMILES string of the molecule is COC1CCN([C@@H]2CCc3c(Cl)cc(Cl)cc32)CC1. The lowest BCUT2D eigenvalue weighted by Gasteiger charge is -2.36. The molecule has 4 heteroatoms. The van der Waals surface area contributed by atoms with Crippen LogP contribution in [0.3, 0.4) is 0 Å². The summed E-state index contributed by atoms with van der Waals surface area (Å²) >= 11 is 12.5. The van der Waals surface area contributed by atoms with Crippen LogP contribution in [0.4, 0.5) is 0 Å². The molecule has 2 aliphatic rings. The highest BCUT2D eigenvalue weighted by Gasteiger charge is 2.32. The Morgan fingerprint density at radius 3 is 2.58 bits per heavy atom. The molecule has 1 aliphatic heterocycles. The van der Waals surface area contributed by atoms with Crippen LogP contribution in [0.15, 0.2) is 12.1 Å². The molecule has 0 spiro atoms. The molecule has 19 heavy (non-hydrogen) atoms. The number of methoxy groups -OCH3 is 1. The summed E-state index contributed by atoms with van der Waals surface area (Å²) in [6.45, 7) is 2.21. The largest absolute Gasteiger partial charge is 0.381 e. The molecule has 0 saturated carbocycles.